The van der Waals surface area contributed by atoms with Gasteiger partial charge in [-0.15, -0.1) is 0 Å². The number of aliphatic imine (C=N–C) groups is 1. The number of nitrogens with zero attached hydrogens (tertiary/aromatic N) is 2. The van der Waals surface area contributed by atoms with Gasteiger partial charge >= 0.3 is 0 Å². The first kappa shape index (κ1) is 13.3. The molecule has 1 aliphatic rings. The molecule has 0 radical (unpaired) electrons. The number of hydrogen-bond acceptors (Lipinski definition) is 4. The van der Waals surface area contributed by atoms with Gasteiger partial charge in [0.05, 0.1) is 5.69 Å². The predicted molar refractivity (Wildman–Crippen MR) is 82.7 cm³/mol. The lowest BCUT2D eigenvalue weighted by molar-refractivity contribution is 0.102. The Kier molecular flexibility index (Phi) is 3.91. The van der Waals surface area contributed by atoms with Crippen LogP contribution in [0.5, 0.6) is 0 Å². The third kappa shape index (κ3) is 3.08. The molecule has 0 fully saturated rings. The molecule has 2 N–H and O–H groups in total. The van der Waals surface area contributed by atoms with E-state index in [1.807, 2.05) is 24.3 Å². The fourth-order valence-corrected chi connectivity index (χ4v) is 2.20. The summed E-state index contributed by atoms with van der Waals surface area (Å²) in [7, 11) is 0. The van der Waals surface area contributed by atoms with Crippen molar-refractivity contribution in [3.8, 4) is 0 Å². The highest BCUT2D eigenvalue weighted by molar-refractivity contribution is 6.09. The molecule has 5 nitrogen and oxygen atoms in total. The minimum absolute atomic E-state index is 0.223. The Balaban J connectivity index is 1.86. The van der Waals surface area contributed by atoms with Crippen LogP contribution in [-0.2, 0) is 0 Å². The molecule has 1 aromatic heterocycles. The van der Waals surface area contributed by atoms with Gasteiger partial charge in [0, 0.05) is 24.8 Å². The standard InChI is InChI=1S/C16H16N4O/c21-16(14-8-3-4-9-17-14)20-13-7-2-1-6-12(13)15-18-10-5-11-19-15/h1-4,6-9H,5,10-11H2,(H,18,19)(H,20,21). The molecule has 0 saturated heterocycles. The highest BCUT2D eigenvalue weighted by atomic mass is 16.1. The van der Waals surface area contributed by atoms with E-state index in [1.165, 1.54) is 0 Å². The number of rotatable bonds is 3. The summed E-state index contributed by atoms with van der Waals surface area (Å²) in [6.45, 7) is 1.71. The predicted octanol–water partition coefficient (Wildman–Crippen LogP) is 2.07. The molecule has 1 aromatic carbocycles. The second kappa shape index (κ2) is 6.17. The van der Waals surface area contributed by atoms with E-state index in [4.69, 9.17) is 0 Å². The zero-order valence-electron chi connectivity index (χ0n) is 11.5. The van der Waals surface area contributed by atoms with E-state index >= 15 is 0 Å². The van der Waals surface area contributed by atoms with Gasteiger partial charge in [-0.05, 0) is 30.7 Å². The van der Waals surface area contributed by atoms with Crippen LogP contribution in [0.3, 0.4) is 0 Å². The zero-order chi connectivity index (χ0) is 14.5. The van der Waals surface area contributed by atoms with Crippen LogP contribution in [0.25, 0.3) is 0 Å². The quantitative estimate of drug-likeness (QED) is 0.904. The Bertz CT molecular complexity index is 667. The van der Waals surface area contributed by atoms with E-state index in [9.17, 15) is 4.79 Å². The molecule has 2 heterocycles. The van der Waals surface area contributed by atoms with Crippen LogP contribution in [-0.4, -0.2) is 29.8 Å². The normalized spacial score (nSPS) is 14.0. The monoisotopic (exact) mass is 280 g/mol. The molecule has 0 saturated carbocycles. The average Bonchev–Trinajstić information content (AvgIpc) is 2.57. The summed E-state index contributed by atoms with van der Waals surface area (Å²) in [5.74, 6) is 0.609. The number of nitrogens with one attached hydrogen (secondary N) is 2. The zero-order valence-corrected chi connectivity index (χ0v) is 11.5. The number of amidine groups is 1. The van der Waals surface area contributed by atoms with E-state index in [0.717, 1.165) is 36.6 Å². The van der Waals surface area contributed by atoms with Crippen molar-refractivity contribution in [2.24, 2.45) is 4.99 Å². The summed E-state index contributed by atoms with van der Waals surface area (Å²) in [5, 5.41) is 6.17. The average molecular weight is 280 g/mol. The molecule has 0 atom stereocenters. The Hall–Kier alpha value is -2.69. The highest BCUT2D eigenvalue weighted by Crippen LogP contribution is 2.17. The maximum absolute atomic E-state index is 12.2. The van der Waals surface area contributed by atoms with Gasteiger partial charge in [-0.3, -0.25) is 14.8 Å². The molecule has 1 aliphatic heterocycles. The second-order valence-corrected chi connectivity index (χ2v) is 4.73. The Morgan fingerprint density at radius 2 is 2.00 bits per heavy atom. The van der Waals surface area contributed by atoms with Gasteiger partial charge in [-0.2, -0.15) is 0 Å². The van der Waals surface area contributed by atoms with Crippen molar-refractivity contribution in [2.75, 3.05) is 18.4 Å². The molecule has 2 aromatic rings. The van der Waals surface area contributed by atoms with Gasteiger partial charge < -0.3 is 10.6 Å². The maximum Gasteiger partial charge on any atom is 0.274 e. The molecule has 5 heteroatoms. The molecule has 0 aliphatic carbocycles. The van der Waals surface area contributed by atoms with Crippen molar-refractivity contribution in [3.05, 3.63) is 59.9 Å². The smallest absolute Gasteiger partial charge is 0.274 e. The van der Waals surface area contributed by atoms with Gasteiger partial charge in [-0.25, -0.2) is 0 Å². The summed E-state index contributed by atoms with van der Waals surface area (Å²) in [4.78, 5) is 20.8. The molecule has 0 bridgehead atoms. The van der Waals surface area contributed by atoms with Gasteiger partial charge in [-0.1, -0.05) is 18.2 Å². The SMILES string of the molecule is O=C(Nc1ccccc1C1=NCCCN1)c1ccccn1. The second-order valence-electron chi connectivity index (χ2n) is 4.73. The van der Waals surface area contributed by atoms with Gasteiger partial charge in [0.15, 0.2) is 0 Å². The Labute approximate surface area is 123 Å². The number of aromatic nitrogens is 1. The summed E-state index contributed by atoms with van der Waals surface area (Å²) in [6.07, 6.45) is 2.64. The van der Waals surface area contributed by atoms with E-state index < -0.39 is 0 Å². The maximum atomic E-state index is 12.2. The van der Waals surface area contributed by atoms with Crippen molar-refractivity contribution < 1.29 is 4.79 Å². The van der Waals surface area contributed by atoms with Crippen molar-refractivity contribution in [3.63, 3.8) is 0 Å². The van der Waals surface area contributed by atoms with E-state index in [-0.39, 0.29) is 5.91 Å². The number of hydrogen-bond donors (Lipinski definition) is 2. The molecule has 21 heavy (non-hydrogen) atoms. The third-order valence-electron chi connectivity index (χ3n) is 3.23. The van der Waals surface area contributed by atoms with Crippen molar-refractivity contribution in [2.45, 2.75) is 6.42 Å². The van der Waals surface area contributed by atoms with Crippen molar-refractivity contribution >= 4 is 17.4 Å². The third-order valence-corrected chi connectivity index (χ3v) is 3.23. The minimum Gasteiger partial charge on any atom is -0.370 e. The summed E-state index contributed by atoms with van der Waals surface area (Å²) in [6, 6.07) is 12.9. The number of pyridine rings is 1. The van der Waals surface area contributed by atoms with Crippen LogP contribution >= 0.6 is 0 Å². The lowest BCUT2D eigenvalue weighted by atomic mass is 10.1. The fourth-order valence-electron chi connectivity index (χ4n) is 2.20. The van der Waals surface area contributed by atoms with Gasteiger partial charge in [0.2, 0.25) is 0 Å². The van der Waals surface area contributed by atoms with E-state index in [1.54, 1.807) is 24.4 Å². The van der Waals surface area contributed by atoms with Crippen molar-refractivity contribution in [1.82, 2.24) is 10.3 Å². The number of amides is 1. The number of anilines is 1. The van der Waals surface area contributed by atoms with E-state index in [0.29, 0.717) is 5.69 Å². The fraction of sp³-hybridized carbons (Fsp3) is 0.188. The first-order valence-corrected chi connectivity index (χ1v) is 6.95. The number of carbonyl (C=O) groups is 1. The molecule has 106 valence electrons. The van der Waals surface area contributed by atoms with Crippen LogP contribution in [0, 0.1) is 0 Å². The lowest BCUT2D eigenvalue weighted by Gasteiger charge is -2.17. The van der Waals surface area contributed by atoms with Crippen LogP contribution in [0.4, 0.5) is 5.69 Å². The molecular weight excluding hydrogens is 264 g/mol. The molecule has 1 amide bonds. The minimum atomic E-state index is -0.223. The highest BCUT2D eigenvalue weighted by Gasteiger charge is 2.14. The van der Waals surface area contributed by atoms with Crippen molar-refractivity contribution in [1.29, 1.82) is 0 Å². The Morgan fingerprint density at radius 3 is 2.76 bits per heavy atom. The summed E-state index contributed by atoms with van der Waals surface area (Å²) in [5.41, 5.74) is 2.04. The van der Waals surface area contributed by atoms with Crippen LogP contribution in [0.1, 0.15) is 22.5 Å². The van der Waals surface area contributed by atoms with Crippen LogP contribution < -0.4 is 10.6 Å². The van der Waals surface area contributed by atoms with E-state index in [2.05, 4.69) is 20.6 Å². The summed E-state index contributed by atoms with van der Waals surface area (Å²) >= 11 is 0. The summed E-state index contributed by atoms with van der Waals surface area (Å²) < 4.78 is 0. The number of para-hydroxylation sites is 1. The van der Waals surface area contributed by atoms with Gasteiger partial charge in [0.25, 0.3) is 5.91 Å². The lowest BCUT2D eigenvalue weighted by Crippen LogP contribution is -2.31. The van der Waals surface area contributed by atoms with Crippen LogP contribution in [0.2, 0.25) is 0 Å². The first-order chi connectivity index (χ1) is 10.3. The largest absolute Gasteiger partial charge is 0.370 e. The Morgan fingerprint density at radius 1 is 1.14 bits per heavy atom. The van der Waals surface area contributed by atoms with Gasteiger partial charge in [0.1, 0.15) is 11.5 Å². The molecule has 3 rings (SSSR count). The molecule has 0 spiro atoms. The molecular formula is C16H16N4O. The number of carbonyl (C=O) groups excluding carboxylic acids is 1. The number of benzene rings is 1. The first-order valence-electron chi connectivity index (χ1n) is 6.95. The van der Waals surface area contributed by atoms with Crippen LogP contribution in [0.15, 0.2) is 53.7 Å². The topological polar surface area (TPSA) is 66.4 Å². The molecule has 0 unspecified atom stereocenters.